The molecule has 1 atom stereocenters. The minimum Gasteiger partial charge on any atom is -0.324 e. The monoisotopic (exact) mass is 279 g/mol. The summed E-state index contributed by atoms with van der Waals surface area (Å²) >= 11 is 6.10. The van der Waals surface area contributed by atoms with E-state index in [1.165, 1.54) is 0 Å². The number of halogens is 1. The summed E-state index contributed by atoms with van der Waals surface area (Å²) < 4.78 is 1.90. The molecule has 0 aliphatic heterocycles. The third-order valence-corrected chi connectivity index (χ3v) is 3.16. The molecule has 0 radical (unpaired) electrons. The number of hydrogen-bond acceptors (Lipinski definition) is 4. The lowest BCUT2D eigenvalue weighted by Gasteiger charge is -2.14. The lowest BCUT2D eigenvalue weighted by molar-refractivity contribution is 0.459. The van der Waals surface area contributed by atoms with Gasteiger partial charge in [-0.05, 0) is 17.5 Å². The van der Waals surface area contributed by atoms with Crippen molar-refractivity contribution in [2.75, 3.05) is 0 Å². The van der Waals surface area contributed by atoms with Gasteiger partial charge in [-0.3, -0.25) is 4.98 Å². The van der Waals surface area contributed by atoms with Crippen LogP contribution in [0.1, 0.15) is 31.3 Å². The first kappa shape index (κ1) is 14.0. The summed E-state index contributed by atoms with van der Waals surface area (Å²) in [4.78, 5) is 8.24. The van der Waals surface area contributed by atoms with Crippen LogP contribution in [-0.4, -0.2) is 19.7 Å². The van der Waals surface area contributed by atoms with Gasteiger partial charge in [0.25, 0.3) is 0 Å². The first-order valence-electron chi connectivity index (χ1n) is 6.29. The number of rotatable bonds is 5. The Hall–Kier alpha value is -1.46. The Balaban J connectivity index is 2.13. The van der Waals surface area contributed by atoms with E-state index in [0.717, 1.165) is 17.9 Å². The summed E-state index contributed by atoms with van der Waals surface area (Å²) in [6.45, 7) is 5.13. The fourth-order valence-corrected chi connectivity index (χ4v) is 2.20. The zero-order valence-electron chi connectivity index (χ0n) is 11.1. The van der Waals surface area contributed by atoms with Crippen molar-refractivity contribution < 1.29 is 0 Å². The van der Waals surface area contributed by atoms with Crippen LogP contribution in [0.15, 0.2) is 24.8 Å². The first-order chi connectivity index (χ1) is 9.08. The van der Waals surface area contributed by atoms with Crippen molar-refractivity contribution in [2.24, 2.45) is 11.7 Å². The third kappa shape index (κ3) is 3.52. The number of pyridine rings is 1. The van der Waals surface area contributed by atoms with Crippen molar-refractivity contribution in [1.29, 1.82) is 0 Å². The van der Waals surface area contributed by atoms with Gasteiger partial charge in [0.05, 0.1) is 5.02 Å². The van der Waals surface area contributed by atoms with Crippen LogP contribution >= 0.6 is 11.6 Å². The molecule has 102 valence electrons. The molecule has 19 heavy (non-hydrogen) atoms. The normalized spacial score (nSPS) is 12.9. The highest BCUT2D eigenvalue weighted by Gasteiger charge is 2.15. The van der Waals surface area contributed by atoms with E-state index in [2.05, 4.69) is 28.9 Å². The Bertz CT molecular complexity index is 537. The van der Waals surface area contributed by atoms with Gasteiger partial charge in [0.2, 0.25) is 0 Å². The van der Waals surface area contributed by atoms with Gasteiger partial charge in [0, 0.05) is 31.4 Å². The first-order valence-corrected chi connectivity index (χ1v) is 6.67. The van der Waals surface area contributed by atoms with Gasteiger partial charge in [-0.25, -0.2) is 9.67 Å². The molecule has 1 unspecified atom stereocenters. The molecule has 0 saturated carbocycles. The maximum Gasteiger partial charge on any atom is 0.138 e. The highest BCUT2D eigenvalue weighted by Crippen LogP contribution is 2.22. The second kappa shape index (κ2) is 6.12. The predicted octanol–water partition coefficient (Wildman–Crippen LogP) is 2.22. The summed E-state index contributed by atoms with van der Waals surface area (Å²) in [5.74, 6) is 1.40. The molecule has 2 aromatic rings. The standard InChI is InChI=1S/C13H18ClN5/c1-9(2)7-19-13(17-8-18-19)5-12(15)10-3-4-16-6-11(10)14/h3-4,6,8-9,12H,5,7,15H2,1-2H3. The molecule has 0 spiro atoms. The van der Waals surface area contributed by atoms with E-state index in [1.54, 1.807) is 18.7 Å². The Morgan fingerprint density at radius 2 is 2.21 bits per heavy atom. The molecule has 0 fully saturated rings. The molecule has 0 aliphatic carbocycles. The Kier molecular flexibility index (Phi) is 4.50. The van der Waals surface area contributed by atoms with Crippen molar-refractivity contribution in [3.05, 3.63) is 41.2 Å². The van der Waals surface area contributed by atoms with Crippen LogP contribution in [0.3, 0.4) is 0 Å². The molecule has 0 amide bonds. The van der Waals surface area contributed by atoms with Crippen molar-refractivity contribution >= 4 is 11.6 Å². The van der Waals surface area contributed by atoms with E-state index >= 15 is 0 Å². The van der Waals surface area contributed by atoms with Crippen LogP contribution in [0, 0.1) is 5.92 Å². The van der Waals surface area contributed by atoms with E-state index in [4.69, 9.17) is 17.3 Å². The fourth-order valence-electron chi connectivity index (χ4n) is 1.94. The van der Waals surface area contributed by atoms with E-state index in [1.807, 2.05) is 10.7 Å². The lowest BCUT2D eigenvalue weighted by Crippen LogP contribution is -2.18. The van der Waals surface area contributed by atoms with E-state index in [9.17, 15) is 0 Å². The Labute approximate surface area is 117 Å². The van der Waals surface area contributed by atoms with Gasteiger partial charge in [-0.1, -0.05) is 25.4 Å². The SMILES string of the molecule is CC(C)Cn1ncnc1CC(N)c1ccncc1Cl. The van der Waals surface area contributed by atoms with Crippen LogP contribution in [0.25, 0.3) is 0 Å². The summed E-state index contributed by atoms with van der Waals surface area (Å²) in [5, 5.41) is 4.82. The quantitative estimate of drug-likeness (QED) is 0.911. The van der Waals surface area contributed by atoms with Crippen LogP contribution in [0.2, 0.25) is 5.02 Å². The molecule has 0 bridgehead atoms. The number of aromatic nitrogens is 4. The molecular formula is C13H18ClN5. The minimum atomic E-state index is -0.203. The molecule has 2 heterocycles. The molecule has 2 aromatic heterocycles. The topological polar surface area (TPSA) is 69.6 Å². The van der Waals surface area contributed by atoms with Gasteiger partial charge in [0.1, 0.15) is 12.2 Å². The van der Waals surface area contributed by atoms with Gasteiger partial charge in [-0.15, -0.1) is 0 Å². The predicted molar refractivity (Wildman–Crippen MR) is 74.7 cm³/mol. The zero-order valence-corrected chi connectivity index (χ0v) is 11.9. The van der Waals surface area contributed by atoms with E-state index in [0.29, 0.717) is 17.4 Å². The van der Waals surface area contributed by atoms with Crippen LogP contribution in [0.5, 0.6) is 0 Å². The molecular weight excluding hydrogens is 262 g/mol. The second-order valence-corrected chi connectivity index (χ2v) is 5.37. The molecule has 0 saturated heterocycles. The van der Waals surface area contributed by atoms with Gasteiger partial charge >= 0.3 is 0 Å². The maximum absolute atomic E-state index is 6.19. The maximum atomic E-state index is 6.19. The second-order valence-electron chi connectivity index (χ2n) is 4.96. The number of nitrogens with two attached hydrogens (primary N) is 1. The minimum absolute atomic E-state index is 0.203. The largest absolute Gasteiger partial charge is 0.324 e. The van der Waals surface area contributed by atoms with Crippen molar-refractivity contribution in [3.63, 3.8) is 0 Å². The molecule has 6 heteroatoms. The summed E-state index contributed by atoms with van der Waals surface area (Å²) in [6, 6.07) is 1.64. The third-order valence-electron chi connectivity index (χ3n) is 2.84. The molecule has 0 aliphatic rings. The van der Waals surface area contributed by atoms with E-state index in [-0.39, 0.29) is 6.04 Å². The van der Waals surface area contributed by atoms with Gasteiger partial charge in [0.15, 0.2) is 0 Å². The van der Waals surface area contributed by atoms with Crippen molar-refractivity contribution in [1.82, 2.24) is 19.7 Å². The van der Waals surface area contributed by atoms with Gasteiger partial charge < -0.3 is 5.73 Å². The molecule has 2 N–H and O–H groups in total. The highest BCUT2D eigenvalue weighted by atomic mass is 35.5. The summed E-state index contributed by atoms with van der Waals surface area (Å²) in [7, 11) is 0. The van der Waals surface area contributed by atoms with Crippen molar-refractivity contribution in [3.8, 4) is 0 Å². The summed E-state index contributed by atoms with van der Waals surface area (Å²) in [6.07, 6.45) is 5.48. The van der Waals surface area contributed by atoms with E-state index < -0.39 is 0 Å². The fraction of sp³-hybridized carbons (Fsp3) is 0.462. The van der Waals surface area contributed by atoms with Gasteiger partial charge in [-0.2, -0.15) is 5.10 Å². The van der Waals surface area contributed by atoms with Crippen LogP contribution in [0.4, 0.5) is 0 Å². The number of nitrogens with zero attached hydrogens (tertiary/aromatic N) is 4. The number of hydrogen-bond donors (Lipinski definition) is 1. The molecule has 2 rings (SSSR count). The Morgan fingerprint density at radius 1 is 1.42 bits per heavy atom. The molecule has 5 nitrogen and oxygen atoms in total. The highest BCUT2D eigenvalue weighted by molar-refractivity contribution is 6.31. The van der Waals surface area contributed by atoms with Crippen LogP contribution < -0.4 is 5.73 Å². The Morgan fingerprint density at radius 3 is 2.89 bits per heavy atom. The molecule has 0 aromatic carbocycles. The lowest BCUT2D eigenvalue weighted by atomic mass is 10.1. The van der Waals surface area contributed by atoms with Crippen LogP contribution in [-0.2, 0) is 13.0 Å². The summed E-state index contributed by atoms with van der Waals surface area (Å²) in [5.41, 5.74) is 7.08. The zero-order chi connectivity index (χ0) is 13.8. The average Bonchev–Trinajstić information content (AvgIpc) is 2.76. The smallest absolute Gasteiger partial charge is 0.138 e. The average molecular weight is 280 g/mol. The van der Waals surface area contributed by atoms with Crippen molar-refractivity contribution in [2.45, 2.75) is 32.9 Å².